The SMILES string of the molecule is Cc1ncc(-c2onc(N)c2-c2ccccc2F)s1. The van der Waals surface area contributed by atoms with Gasteiger partial charge in [-0.1, -0.05) is 23.4 Å². The number of halogens is 1. The molecule has 0 radical (unpaired) electrons. The average molecular weight is 275 g/mol. The Morgan fingerprint density at radius 1 is 1.32 bits per heavy atom. The smallest absolute Gasteiger partial charge is 0.188 e. The number of aryl methyl sites for hydroxylation is 1. The Balaban J connectivity index is 2.22. The number of anilines is 1. The van der Waals surface area contributed by atoms with Crippen LogP contribution in [-0.4, -0.2) is 10.1 Å². The highest BCUT2D eigenvalue weighted by Crippen LogP contribution is 2.39. The van der Waals surface area contributed by atoms with E-state index in [4.69, 9.17) is 10.3 Å². The van der Waals surface area contributed by atoms with Crippen LogP contribution in [0.1, 0.15) is 5.01 Å². The highest BCUT2D eigenvalue weighted by atomic mass is 32.1. The van der Waals surface area contributed by atoms with Crippen molar-refractivity contribution in [3.05, 3.63) is 41.3 Å². The monoisotopic (exact) mass is 275 g/mol. The molecule has 1 aromatic carbocycles. The van der Waals surface area contributed by atoms with Crippen LogP contribution in [0.2, 0.25) is 0 Å². The van der Waals surface area contributed by atoms with E-state index in [-0.39, 0.29) is 11.6 Å². The first-order chi connectivity index (χ1) is 9.16. The Kier molecular flexibility index (Phi) is 2.79. The summed E-state index contributed by atoms with van der Waals surface area (Å²) < 4.78 is 19.1. The van der Waals surface area contributed by atoms with E-state index in [1.54, 1.807) is 24.4 Å². The van der Waals surface area contributed by atoms with Gasteiger partial charge in [0.25, 0.3) is 0 Å². The van der Waals surface area contributed by atoms with E-state index in [0.29, 0.717) is 16.9 Å². The van der Waals surface area contributed by atoms with Gasteiger partial charge in [-0.15, -0.1) is 11.3 Å². The number of nitrogens with two attached hydrogens (primary N) is 1. The highest BCUT2D eigenvalue weighted by Gasteiger charge is 2.21. The van der Waals surface area contributed by atoms with Gasteiger partial charge in [0.2, 0.25) is 0 Å². The molecule has 2 heterocycles. The van der Waals surface area contributed by atoms with Gasteiger partial charge in [0.1, 0.15) is 5.82 Å². The normalized spacial score (nSPS) is 10.8. The van der Waals surface area contributed by atoms with Crippen LogP contribution in [0.4, 0.5) is 10.2 Å². The molecule has 2 aromatic heterocycles. The van der Waals surface area contributed by atoms with E-state index in [1.165, 1.54) is 17.4 Å². The predicted molar refractivity (Wildman–Crippen MR) is 72.2 cm³/mol. The summed E-state index contributed by atoms with van der Waals surface area (Å²) in [5, 5.41) is 4.63. The molecule has 0 saturated heterocycles. The number of benzene rings is 1. The summed E-state index contributed by atoms with van der Waals surface area (Å²) in [6.07, 6.45) is 1.67. The van der Waals surface area contributed by atoms with Crippen molar-refractivity contribution in [2.75, 3.05) is 5.73 Å². The van der Waals surface area contributed by atoms with E-state index < -0.39 is 0 Å². The van der Waals surface area contributed by atoms with Gasteiger partial charge < -0.3 is 10.3 Å². The summed E-state index contributed by atoms with van der Waals surface area (Å²) in [5.74, 6) is 0.263. The molecule has 6 heteroatoms. The molecule has 0 spiro atoms. The summed E-state index contributed by atoms with van der Waals surface area (Å²) in [6.45, 7) is 1.89. The maximum Gasteiger partial charge on any atom is 0.188 e. The van der Waals surface area contributed by atoms with E-state index in [1.807, 2.05) is 6.92 Å². The van der Waals surface area contributed by atoms with E-state index >= 15 is 0 Å². The summed E-state index contributed by atoms with van der Waals surface area (Å²) in [7, 11) is 0. The van der Waals surface area contributed by atoms with Crippen molar-refractivity contribution in [3.8, 4) is 21.8 Å². The number of hydrogen-bond acceptors (Lipinski definition) is 5. The molecule has 0 amide bonds. The first kappa shape index (κ1) is 11.9. The van der Waals surface area contributed by atoms with Crippen molar-refractivity contribution < 1.29 is 8.91 Å². The molecular formula is C13H10FN3OS. The Labute approximate surface area is 112 Å². The first-order valence-electron chi connectivity index (χ1n) is 5.59. The molecule has 0 unspecified atom stereocenters. The van der Waals surface area contributed by atoms with Crippen LogP contribution >= 0.6 is 11.3 Å². The van der Waals surface area contributed by atoms with Gasteiger partial charge in [0.15, 0.2) is 11.6 Å². The molecule has 3 rings (SSSR count). The number of nitrogens with zero attached hydrogens (tertiary/aromatic N) is 2. The van der Waals surface area contributed by atoms with Crippen molar-refractivity contribution in [1.82, 2.24) is 10.1 Å². The highest BCUT2D eigenvalue weighted by molar-refractivity contribution is 7.15. The molecule has 0 fully saturated rings. The van der Waals surface area contributed by atoms with Crippen LogP contribution < -0.4 is 5.73 Å². The third-order valence-corrected chi connectivity index (χ3v) is 3.62. The summed E-state index contributed by atoms with van der Waals surface area (Å²) >= 11 is 1.45. The first-order valence-corrected chi connectivity index (χ1v) is 6.41. The third-order valence-electron chi connectivity index (χ3n) is 2.71. The molecule has 2 N–H and O–H groups in total. The largest absolute Gasteiger partial charge is 0.380 e. The Morgan fingerprint density at radius 2 is 2.11 bits per heavy atom. The standard InChI is InChI=1S/C13H10FN3OS/c1-7-16-6-10(19-7)12-11(13(15)17-18-12)8-4-2-3-5-9(8)14/h2-6H,1H3,(H2,15,17). The number of rotatable bonds is 2. The second-order valence-electron chi connectivity index (χ2n) is 4.00. The van der Waals surface area contributed by atoms with Crippen LogP contribution in [0.25, 0.3) is 21.8 Å². The van der Waals surface area contributed by atoms with Crippen LogP contribution in [0.3, 0.4) is 0 Å². The molecule has 4 nitrogen and oxygen atoms in total. The lowest BCUT2D eigenvalue weighted by atomic mass is 10.0. The Morgan fingerprint density at radius 3 is 2.79 bits per heavy atom. The quantitative estimate of drug-likeness (QED) is 0.777. The second kappa shape index (κ2) is 4.47. The van der Waals surface area contributed by atoms with Gasteiger partial charge in [-0.2, -0.15) is 0 Å². The zero-order valence-corrected chi connectivity index (χ0v) is 10.9. The van der Waals surface area contributed by atoms with Crippen molar-refractivity contribution in [1.29, 1.82) is 0 Å². The number of thiazole rings is 1. The van der Waals surface area contributed by atoms with Gasteiger partial charge in [0.05, 0.1) is 15.4 Å². The average Bonchev–Trinajstić information content (AvgIpc) is 2.96. The predicted octanol–water partition coefficient (Wildman–Crippen LogP) is 3.49. The summed E-state index contributed by atoms with van der Waals surface area (Å²) in [6, 6.07) is 6.39. The lowest BCUT2D eigenvalue weighted by Crippen LogP contribution is -1.90. The fourth-order valence-corrected chi connectivity index (χ4v) is 2.62. The zero-order chi connectivity index (χ0) is 13.4. The van der Waals surface area contributed by atoms with Crippen LogP contribution in [-0.2, 0) is 0 Å². The minimum atomic E-state index is -0.361. The maximum absolute atomic E-state index is 13.9. The van der Waals surface area contributed by atoms with Crippen molar-refractivity contribution in [2.24, 2.45) is 0 Å². The maximum atomic E-state index is 13.9. The molecule has 0 aliphatic rings. The zero-order valence-electron chi connectivity index (χ0n) is 10.1. The molecular weight excluding hydrogens is 265 g/mol. The Bertz CT molecular complexity index is 735. The molecule has 19 heavy (non-hydrogen) atoms. The van der Waals surface area contributed by atoms with Gasteiger partial charge >= 0.3 is 0 Å². The van der Waals surface area contributed by atoms with Crippen molar-refractivity contribution >= 4 is 17.2 Å². The van der Waals surface area contributed by atoms with Gasteiger partial charge in [-0.05, 0) is 13.0 Å². The summed E-state index contributed by atoms with van der Waals surface area (Å²) in [4.78, 5) is 4.93. The molecule has 0 aliphatic carbocycles. The van der Waals surface area contributed by atoms with Gasteiger partial charge in [-0.25, -0.2) is 9.37 Å². The number of nitrogen functional groups attached to an aromatic ring is 1. The van der Waals surface area contributed by atoms with Gasteiger partial charge in [-0.3, -0.25) is 0 Å². The van der Waals surface area contributed by atoms with Crippen LogP contribution in [0.15, 0.2) is 35.0 Å². The van der Waals surface area contributed by atoms with Crippen LogP contribution in [0.5, 0.6) is 0 Å². The van der Waals surface area contributed by atoms with Crippen molar-refractivity contribution in [3.63, 3.8) is 0 Å². The minimum absolute atomic E-state index is 0.172. The molecule has 3 aromatic rings. The van der Waals surface area contributed by atoms with E-state index in [2.05, 4.69) is 10.1 Å². The fourth-order valence-electron chi connectivity index (χ4n) is 1.86. The Hall–Kier alpha value is -2.21. The lowest BCUT2D eigenvalue weighted by Gasteiger charge is -2.02. The number of hydrogen-bond donors (Lipinski definition) is 1. The minimum Gasteiger partial charge on any atom is -0.380 e. The number of aromatic nitrogens is 2. The fraction of sp³-hybridized carbons (Fsp3) is 0.0769. The second-order valence-corrected chi connectivity index (χ2v) is 5.23. The van der Waals surface area contributed by atoms with E-state index in [0.717, 1.165) is 9.88 Å². The topological polar surface area (TPSA) is 64.9 Å². The molecule has 0 atom stereocenters. The lowest BCUT2D eigenvalue weighted by molar-refractivity contribution is 0.437. The molecule has 96 valence electrons. The molecule has 0 bridgehead atoms. The van der Waals surface area contributed by atoms with Gasteiger partial charge in [0, 0.05) is 11.8 Å². The third kappa shape index (κ3) is 2.00. The molecule has 0 saturated carbocycles. The van der Waals surface area contributed by atoms with Crippen molar-refractivity contribution in [2.45, 2.75) is 6.92 Å². The van der Waals surface area contributed by atoms with E-state index in [9.17, 15) is 4.39 Å². The molecule has 0 aliphatic heterocycles. The van der Waals surface area contributed by atoms with Crippen LogP contribution in [0, 0.1) is 12.7 Å². The summed E-state index contributed by atoms with van der Waals surface area (Å²) in [5.41, 5.74) is 6.65.